The van der Waals surface area contributed by atoms with Gasteiger partial charge in [0, 0.05) is 18.0 Å². The van der Waals surface area contributed by atoms with E-state index in [1.165, 1.54) is 32.3 Å². The van der Waals surface area contributed by atoms with Crippen molar-refractivity contribution in [1.29, 1.82) is 5.26 Å². The van der Waals surface area contributed by atoms with E-state index in [0.29, 0.717) is 16.8 Å². The third kappa shape index (κ3) is 3.86. The zero-order chi connectivity index (χ0) is 20.5. The molecule has 0 spiro atoms. The maximum Gasteiger partial charge on any atom is 0.433 e. The van der Waals surface area contributed by atoms with Gasteiger partial charge in [0.1, 0.15) is 11.8 Å². The second-order valence-electron chi connectivity index (χ2n) is 6.00. The summed E-state index contributed by atoms with van der Waals surface area (Å²) in [6.07, 6.45) is -1.61. The van der Waals surface area contributed by atoms with Crippen molar-refractivity contribution in [2.45, 2.75) is 20.0 Å². The summed E-state index contributed by atoms with van der Waals surface area (Å²) in [5.74, 6) is 0.134. The first-order chi connectivity index (χ1) is 13.2. The number of nitriles is 1. The first-order valence-corrected chi connectivity index (χ1v) is 8.04. The van der Waals surface area contributed by atoms with Crippen molar-refractivity contribution in [3.05, 3.63) is 59.2 Å². The number of pyridine rings is 3. The Morgan fingerprint density at radius 1 is 1.11 bits per heavy atom. The molecule has 0 unspecified atom stereocenters. The van der Waals surface area contributed by atoms with Crippen LogP contribution in [0.4, 0.5) is 18.9 Å². The van der Waals surface area contributed by atoms with Crippen molar-refractivity contribution in [3.63, 3.8) is 0 Å². The number of aromatic nitrogens is 3. The minimum Gasteiger partial charge on any atom is -0.435 e. The number of aryl methyl sites for hydroxylation is 2. The predicted molar refractivity (Wildman–Crippen MR) is 95.4 cm³/mol. The topological polar surface area (TPSA) is 97.7 Å². The Hall–Kier alpha value is -3.67. The molecule has 0 fully saturated rings. The molecule has 3 aromatic heterocycles. The summed E-state index contributed by atoms with van der Waals surface area (Å²) in [5, 5.41) is 9.00. The lowest BCUT2D eigenvalue weighted by Gasteiger charge is -2.15. The van der Waals surface area contributed by atoms with Gasteiger partial charge in [-0.15, -0.1) is 0 Å². The molecule has 3 rings (SSSR count). The highest BCUT2D eigenvalue weighted by Crippen LogP contribution is 2.35. The lowest BCUT2D eigenvalue weighted by Crippen LogP contribution is -2.12. The highest BCUT2D eigenvalue weighted by atomic mass is 19.4. The number of nitrogens with zero attached hydrogens (tertiary/aromatic N) is 4. The second-order valence-corrected chi connectivity index (χ2v) is 6.00. The molecule has 0 aliphatic carbocycles. The molecular formula is C19H14F3N5O. The van der Waals surface area contributed by atoms with Crippen LogP contribution in [-0.2, 0) is 6.18 Å². The van der Waals surface area contributed by atoms with E-state index in [2.05, 4.69) is 15.0 Å². The van der Waals surface area contributed by atoms with Crippen molar-refractivity contribution < 1.29 is 17.9 Å². The van der Waals surface area contributed by atoms with Gasteiger partial charge in [-0.1, -0.05) is 0 Å². The van der Waals surface area contributed by atoms with Gasteiger partial charge < -0.3 is 10.5 Å². The van der Waals surface area contributed by atoms with E-state index in [1.807, 2.05) is 6.07 Å². The van der Waals surface area contributed by atoms with Crippen LogP contribution in [0.5, 0.6) is 11.6 Å². The van der Waals surface area contributed by atoms with Crippen molar-refractivity contribution in [2.24, 2.45) is 0 Å². The first-order valence-electron chi connectivity index (χ1n) is 8.04. The minimum atomic E-state index is -4.55. The van der Waals surface area contributed by atoms with Gasteiger partial charge in [0.25, 0.3) is 0 Å². The molecule has 0 radical (unpaired) electrons. The van der Waals surface area contributed by atoms with Crippen LogP contribution in [0.3, 0.4) is 0 Å². The standard InChI is InChI=1S/C19H14F3N5O/c1-10-5-16(11(2)26-17(10)19(20,21)22)28-18-14(24)3-4-15(27-18)13-6-12(7-23)8-25-9-13/h3-6,8-9H,24H2,1-2H3. The highest BCUT2D eigenvalue weighted by molar-refractivity contribution is 5.64. The van der Waals surface area contributed by atoms with Gasteiger partial charge in [-0.25, -0.2) is 9.97 Å². The van der Waals surface area contributed by atoms with E-state index in [0.717, 1.165) is 0 Å². The van der Waals surface area contributed by atoms with Crippen LogP contribution in [0.2, 0.25) is 0 Å². The summed E-state index contributed by atoms with van der Waals surface area (Å²) in [4.78, 5) is 11.9. The fourth-order valence-electron chi connectivity index (χ4n) is 2.51. The monoisotopic (exact) mass is 385 g/mol. The number of alkyl halides is 3. The predicted octanol–water partition coefficient (Wildman–Crippen LogP) is 4.42. The molecular weight excluding hydrogens is 371 g/mol. The first kappa shape index (κ1) is 19.1. The molecule has 0 saturated heterocycles. The quantitative estimate of drug-likeness (QED) is 0.717. The van der Waals surface area contributed by atoms with Gasteiger partial charge in [0.05, 0.1) is 22.6 Å². The molecule has 0 saturated carbocycles. The van der Waals surface area contributed by atoms with Crippen LogP contribution >= 0.6 is 0 Å². The molecule has 28 heavy (non-hydrogen) atoms. The molecule has 2 N–H and O–H groups in total. The Balaban J connectivity index is 1.99. The number of nitrogen functional groups attached to an aromatic ring is 1. The van der Waals surface area contributed by atoms with Crippen molar-refractivity contribution in [2.75, 3.05) is 5.73 Å². The summed E-state index contributed by atoms with van der Waals surface area (Å²) < 4.78 is 44.6. The van der Waals surface area contributed by atoms with Crippen LogP contribution in [0.1, 0.15) is 22.5 Å². The van der Waals surface area contributed by atoms with Crippen LogP contribution in [0.25, 0.3) is 11.3 Å². The van der Waals surface area contributed by atoms with Crippen LogP contribution in [-0.4, -0.2) is 15.0 Å². The number of nitrogens with two attached hydrogens (primary N) is 1. The van der Waals surface area contributed by atoms with E-state index < -0.39 is 11.9 Å². The summed E-state index contributed by atoms with van der Waals surface area (Å²) in [6.45, 7) is 2.71. The Bertz CT molecular complexity index is 1090. The Labute approximate surface area is 158 Å². The van der Waals surface area contributed by atoms with Crippen LogP contribution in [0.15, 0.2) is 36.7 Å². The van der Waals surface area contributed by atoms with E-state index in [9.17, 15) is 13.2 Å². The number of rotatable bonds is 3. The molecule has 142 valence electrons. The smallest absolute Gasteiger partial charge is 0.433 e. The van der Waals surface area contributed by atoms with Gasteiger partial charge in [0.15, 0.2) is 5.75 Å². The van der Waals surface area contributed by atoms with Gasteiger partial charge in [-0.3, -0.25) is 4.98 Å². The third-order valence-electron chi connectivity index (χ3n) is 3.89. The van der Waals surface area contributed by atoms with E-state index in [4.69, 9.17) is 15.7 Å². The normalized spacial score (nSPS) is 11.1. The lowest BCUT2D eigenvalue weighted by atomic mass is 10.1. The van der Waals surface area contributed by atoms with E-state index in [1.54, 1.807) is 18.2 Å². The number of halogens is 3. The molecule has 6 nitrogen and oxygen atoms in total. The Kier molecular flexibility index (Phi) is 4.88. The number of ether oxygens (including phenoxy) is 1. The van der Waals surface area contributed by atoms with Crippen LogP contribution in [0, 0.1) is 25.2 Å². The fourth-order valence-corrected chi connectivity index (χ4v) is 2.51. The van der Waals surface area contributed by atoms with E-state index >= 15 is 0 Å². The minimum absolute atomic E-state index is 0.0175. The summed E-state index contributed by atoms with van der Waals surface area (Å²) in [5.41, 5.74) is 6.49. The summed E-state index contributed by atoms with van der Waals surface area (Å²) >= 11 is 0. The zero-order valence-corrected chi connectivity index (χ0v) is 14.9. The average molecular weight is 385 g/mol. The molecule has 3 heterocycles. The molecule has 0 atom stereocenters. The van der Waals surface area contributed by atoms with Gasteiger partial charge in [-0.05, 0) is 43.7 Å². The van der Waals surface area contributed by atoms with Crippen molar-refractivity contribution in [3.8, 4) is 29.0 Å². The maximum absolute atomic E-state index is 13.0. The largest absolute Gasteiger partial charge is 0.435 e. The van der Waals surface area contributed by atoms with Gasteiger partial charge in [-0.2, -0.15) is 18.4 Å². The van der Waals surface area contributed by atoms with Crippen LogP contribution < -0.4 is 10.5 Å². The highest BCUT2D eigenvalue weighted by Gasteiger charge is 2.35. The fraction of sp³-hybridized carbons (Fsp3) is 0.158. The number of hydrogen-bond donors (Lipinski definition) is 1. The Morgan fingerprint density at radius 3 is 2.54 bits per heavy atom. The Morgan fingerprint density at radius 2 is 1.86 bits per heavy atom. The number of hydrogen-bond acceptors (Lipinski definition) is 6. The van der Waals surface area contributed by atoms with Gasteiger partial charge in [0.2, 0.25) is 5.88 Å². The molecule has 0 aromatic carbocycles. The average Bonchev–Trinajstić information content (AvgIpc) is 2.65. The molecule has 3 aromatic rings. The van der Waals surface area contributed by atoms with Crippen molar-refractivity contribution >= 4 is 5.69 Å². The van der Waals surface area contributed by atoms with Gasteiger partial charge >= 0.3 is 6.18 Å². The zero-order valence-electron chi connectivity index (χ0n) is 14.9. The van der Waals surface area contributed by atoms with Crippen molar-refractivity contribution in [1.82, 2.24) is 15.0 Å². The van der Waals surface area contributed by atoms with E-state index in [-0.39, 0.29) is 28.6 Å². The lowest BCUT2D eigenvalue weighted by molar-refractivity contribution is -0.141. The molecule has 9 heteroatoms. The third-order valence-corrected chi connectivity index (χ3v) is 3.89. The number of anilines is 1. The maximum atomic E-state index is 13.0. The second kappa shape index (κ2) is 7.15. The molecule has 0 aliphatic heterocycles. The SMILES string of the molecule is Cc1cc(Oc2nc(-c3cncc(C#N)c3)ccc2N)c(C)nc1C(F)(F)F. The molecule has 0 aliphatic rings. The molecule has 0 bridgehead atoms. The molecule has 0 amide bonds. The summed E-state index contributed by atoms with van der Waals surface area (Å²) in [6, 6.07) is 8.02. The summed E-state index contributed by atoms with van der Waals surface area (Å²) in [7, 11) is 0.